The molecular formula is C48H78N8O12. The summed E-state index contributed by atoms with van der Waals surface area (Å²) in [6.07, 6.45) is -1.03. The van der Waals surface area contributed by atoms with Crippen molar-refractivity contribution in [2.24, 2.45) is 29.4 Å². The Balaban J connectivity index is 2.63. The van der Waals surface area contributed by atoms with Gasteiger partial charge in [0, 0.05) is 39.3 Å². The fraction of sp³-hybridized carbons (Fsp3) is 0.688. The molecule has 1 fully saturated rings. The molecule has 382 valence electrons. The van der Waals surface area contributed by atoms with Gasteiger partial charge in [0.25, 0.3) is 0 Å². The number of likely N-dealkylation sites (N-methyl/N-ethyl adjacent to an activating group) is 2. The predicted octanol–water partition coefficient (Wildman–Crippen LogP) is 1.53. The quantitative estimate of drug-likeness (QED) is 0.0583. The Kier molecular flexibility index (Phi) is 23.9. The summed E-state index contributed by atoms with van der Waals surface area (Å²) in [7, 11) is 2.80. The van der Waals surface area contributed by atoms with Gasteiger partial charge in [-0.1, -0.05) is 80.4 Å². The minimum absolute atomic E-state index is 0.0356. The highest BCUT2D eigenvalue weighted by atomic mass is 16.5. The van der Waals surface area contributed by atoms with Crippen molar-refractivity contribution in [2.75, 3.05) is 14.1 Å². The molecule has 0 bridgehead atoms. The zero-order valence-corrected chi connectivity index (χ0v) is 41.8. The molecule has 8 amide bonds. The Morgan fingerprint density at radius 2 is 1.38 bits per heavy atom. The third kappa shape index (κ3) is 17.1. The van der Waals surface area contributed by atoms with E-state index in [1.807, 2.05) is 20.8 Å². The third-order valence-electron chi connectivity index (χ3n) is 12.8. The maximum Gasteiger partial charge on any atom is 0.329 e. The van der Waals surface area contributed by atoms with Gasteiger partial charge in [0.2, 0.25) is 47.3 Å². The first kappa shape index (κ1) is 58.3. The third-order valence-corrected chi connectivity index (χ3v) is 12.8. The highest BCUT2D eigenvalue weighted by Gasteiger charge is 2.44. The molecule has 1 heterocycles. The SMILES string of the molecule is CCC(C)C(=O)N[C@@H](CCC(N)=O)C(=O)NC(C(=O)N[C@@H](CC(C)C)C(=O)NC)[C@@H](C)OC(=O)[C@@H](NC(=O)[C@H](Cc1ccc(O)cc1)N(C)C(=O)[C@H](C(C)CC)N1C(=O)CCC[C@@H]1O)C(C)CC. The minimum atomic E-state index is -1.69. The second kappa shape index (κ2) is 27.9. The van der Waals surface area contributed by atoms with Crippen LogP contribution in [0.5, 0.6) is 5.75 Å². The molecule has 1 aromatic carbocycles. The van der Waals surface area contributed by atoms with Crippen LogP contribution in [0, 0.1) is 23.7 Å². The molecule has 1 aliphatic heterocycles. The first-order chi connectivity index (χ1) is 31.9. The van der Waals surface area contributed by atoms with Crippen molar-refractivity contribution >= 4 is 53.2 Å². The molecule has 0 aromatic heterocycles. The monoisotopic (exact) mass is 959 g/mol. The van der Waals surface area contributed by atoms with E-state index >= 15 is 0 Å². The highest BCUT2D eigenvalue weighted by molar-refractivity contribution is 5.96. The number of carbonyl (C=O) groups is 9. The van der Waals surface area contributed by atoms with Crippen LogP contribution in [0.3, 0.4) is 0 Å². The second-order valence-electron chi connectivity index (χ2n) is 18.5. The summed E-state index contributed by atoms with van der Waals surface area (Å²) in [5.74, 6) is -8.04. The van der Waals surface area contributed by atoms with Gasteiger partial charge in [0.1, 0.15) is 54.3 Å². The Labute approximate surface area is 401 Å². The molecule has 0 aliphatic carbocycles. The van der Waals surface area contributed by atoms with Crippen molar-refractivity contribution in [3.63, 3.8) is 0 Å². The average molecular weight is 959 g/mol. The van der Waals surface area contributed by atoms with Crippen LogP contribution in [0.4, 0.5) is 0 Å². The van der Waals surface area contributed by atoms with Crippen LogP contribution in [0.25, 0.3) is 0 Å². The first-order valence-corrected chi connectivity index (χ1v) is 23.9. The average Bonchev–Trinajstić information content (AvgIpc) is 3.29. The van der Waals surface area contributed by atoms with Gasteiger partial charge >= 0.3 is 5.97 Å². The number of rotatable bonds is 27. The lowest BCUT2D eigenvalue weighted by atomic mass is 9.92. The van der Waals surface area contributed by atoms with Crippen molar-refractivity contribution < 1.29 is 58.1 Å². The number of aliphatic hydroxyl groups is 1. The number of piperidine rings is 1. The molecule has 68 heavy (non-hydrogen) atoms. The van der Waals surface area contributed by atoms with E-state index in [0.29, 0.717) is 31.2 Å². The first-order valence-electron chi connectivity index (χ1n) is 23.9. The molecular weight excluding hydrogens is 881 g/mol. The van der Waals surface area contributed by atoms with Crippen LogP contribution in [0.15, 0.2) is 24.3 Å². The molecule has 2 rings (SSSR count). The van der Waals surface area contributed by atoms with Gasteiger partial charge in [-0.25, -0.2) is 4.79 Å². The Morgan fingerprint density at radius 1 is 0.794 bits per heavy atom. The number of nitrogens with zero attached hydrogens (tertiary/aromatic N) is 2. The lowest BCUT2D eigenvalue weighted by molar-refractivity contribution is -0.165. The molecule has 20 nitrogen and oxygen atoms in total. The number of aromatic hydroxyl groups is 1. The van der Waals surface area contributed by atoms with E-state index in [9.17, 15) is 53.4 Å². The normalized spacial score (nSPS) is 18.2. The van der Waals surface area contributed by atoms with Crippen molar-refractivity contribution in [3.05, 3.63) is 29.8 Å². The smallest absolute Gasteiger partial charge is 0.329 e. The summed E-state index contributed by atoms with van der Waals surface area (Å²) < 4.78 is 5.92. The number of nitrogens with one attached hydrogen (secondary N) is 5. The van der Waals surface area contributed by atoms with E-state index < -0.39 is 120 Å². The fourth-order valence-corrected chi connectivity index (χ4v) is 7.78. The predicted molar refractivity (Wildman–Crippen MR) is 252 cm³/mol. The summed E-state index contributed by atoms with van der Waals surface area (Å²) in [5, 5.41) is 34.1. The number of amides is 8. The summed E-state index contributed by atoms with van der Waals surface area (Å²) in [6.45, 7) is 15.5. The number of likely N-dealkylation sites (tertiary alicyclic amines) is 1. The topological polar surface area (TPSA) is 296 Å². The lowest BCUT2D eigenvalue weighted by Crippen LogP contribution is -2.62. The molecule has 1 aliphatic rings. The van der Waals surface area contributed by atoms with E-state index in [1.54, 1.807) is 46.8 Å². The summed E-state index contributed by atoms with van der Waals surface area (Å²) in [4.78, 5) is 125. The molecule has 11 atom stereocenters. The number of aliphatic hydroxyl groups excluding tert-OH is 1. The molecule has 1 saturated heterocycles. The number of nitrogens with two attached hydrogens (primary N) is 1. The van der Waals surface area contributed by atoms with E-state index in [2.05, 4.69) is 26.6 Å². The number of hydrogen-bond acceptors (Lipinski definition) is 12. The minimum Gasteiger partial charge on any atom is -0.508 e. The Bertz CT molecular complexity index is 1900. The van der Waals surface area contributed by atoms with Crippen LogP contribution in [0.1, 0.15) is 126 Å². The maximum atomic E-state index is 14.7. The van der Waals surface area contributed by atoms with Crippen molar-refractivity contribution in [3.8, 4) is 5.75 Å². The maximum absolute atomic E-state index is 14.7. The number of phenols is 1. The van der Waals surface area contributed by atoms with E-state index in [4.69, 9.17) is 10.5 Å². The zero-order chi connectivity index (χ0) is 51.6. The summed E-state index contributed by atoms with van der Waals surface area (Å²) >= 11 is 0. The van der Waals surface area contributed by atoms with Gasteiger partial charge in [-0.2, -0.15) is 0 Å². The highest BCUT2D eigenvalue weighted by Crippen LogP contribution is 2.27. The molecule has 0 spiro atoms. The Hall–Kier alpha value is -5.79. The largest absolute Gasteiger partial charge is 0.508 e. The molecule has 0 radical (unpaired) electrons. The summed E-state index contributed by atoms with van der Waals surface area (Å²) in [6, 6.07) is -1.95. The molecule has 20 heteroatoms. The van der Waals surface area contributed by atoms with E-state index in [0.717, 1.165) is 0 Å². The number of phenolic OH excluding ortho intramolecular Hbond substituents is 1. The van der Waals surface area contributed by atoms with Gasteiger partial charge in [-0.15, -0.1) is 0 Å². The Morgan fingerprint density at radius 3 is 1.91 bits per heavy atom. The summed E-state index contributed by atoms with van der Waals surface area (Å²) in [5.41, 5.74) is 5.93. The van der Waals surface area contributed by atoms with Crippen LogP contribution >= 0.6 is 0 Å². The van der Waals surface area contributed by atoms with Crippen molar-refractivity contribution in [2.45, 2.75) is 175 Å². The zero-order valence-electron chi connectivity index (χ0n) is 41.8. The van der Waals surface area contributed by atoms with E-state index in [-0.39, 0.29) is 50.2 Å². The number of primary amides is 1. The van der Waals surface area contributed by atoms with Crippen LogP contribution < -0.4 is 32.3 Å². The van der Waals surface area contributed by atoms with Gasteiger partial charge in [-0.3, -0.25) is 38.4 Å². The molecule has 1 aromatic rings. The van der Waals surface area contributed by atoms with Crippen molar-refractivity contribution in [1.82, 2.24) is 36.4 Å². The number of hydrogen-bond donors (Lipinski definition) is 8. The number of benzene rings is 1. The van der Waals surface area contributed by atoms with Crippen LogP contribution in [-0.4, -0.2) is 136 Å². The van der Waals surface area contributed by atoms with Crippen LogP contribution in [0.2, 0.25) is 0 Å². The number of carbonyl (C=O) groups excluding carboxylic acids is 9. The fourth-order valence-electron chi connectivity index (χ4n) is 7.78. The molecule has 4 unspecified atom stereocenters. The molecule has 0 saturated carbocycles. The van der Waals surface area contributed by atoms with Gasteiger partial charge in [0.05, 0.1) is 0 Å². The van der Waals surface area contributed by atoms with Gasteiger partial charge in [-0.05, 0) is 74.5 Å². The number of esters is 1. The standard InChI is InChI=1S/C48H78N8O12/c1-12-27(6)39(53-45(64)35(25-31-18-20-32(57)21-19-31)55(11)47(66)41(28(7)13-2)56-37(59)16-15-17-38(56)60)48(67)68-30(9)40(46(65)52-34(24-26(4)5)43(62)50-10)54-44(63)33(22-23-36(49)58)51-42(61)29(8)14-3/h18-21,26-30,33-35,37,39-41,57,59H,12-17,22-25H2,1-11H3,(H2,49,58)(H,50,62)(H,51,61)(H,52,65)(H,53,64)(H,54,63)/t27?,28?,29?,30-,33+,34+,35+,37+,39+,40?,41+/m1/s1. The van der Waals surface area contributed by atoms with Crippen molar-refractivity contribution in [1.29, 1.82) is 0 Å². The number of ether oxygens (including phenoxy) is 1. The second-order valence-corrected chi connectivity index (χ2v) is 18.5. The molecule has 9 N–H and O–H groups in total. The van der Waals surface area contributed by atoms with Gasteiger partial charge < -0.3 is 57.1 Å². The lowest BCUT2D eigenvalue weighted by Gasteiger charge is -2.42. The van der Waals surface area contributed by atoms with Crippen LogP contribution in [-0.2, 0) is 54.3 Å². The van der Waals surface area contributed by atoms with E-state index in [1.165, 1.54) is 43.0 Å². The van der Waals surface area contributed by atoms with Gasteiger partial charge in [0.15, 0.2) is 0 Å².